The van der Waals surface area contributed by atoms with Crippen LogP contribution < -0.4 is 5.32 Å². The van der Waals surface area contributed by atoms with E-state index in [1.807, 2.05) is 0 Å². The van der Waals surface area contributed by atoms with E-state index in [2.05, 4.69) is 5.32 Å². The smallest absolute Gasteiger partial charge is 0.330 e. The van der Waals surface area contributed by atoms with E-state index in [0.717, 1.165) is 19.4 Å². The number of benzene rings is 1. The van der Waals surface area contributed by atoms with Crippen LogP contribution in [0.3, 0.4) is 0 Å². The Labute approximate surface area is 129 Å². The molecule has 2 rings (SSSR count). The van der Waals surface area contributed by atoms with Gasteiger partial charge in [0.05, 0.1) is 12.7 Å². The van der Waals surface area contributed by atoms with Gasteiger partial charge in [0.2, 0.25) is 5.91 Å². The summed E-state index contributed by atoms with van der Waals surface area (Å²) in [6, 6.07) is 7.50. The van der Waals surface area contributed by atoms with Gasteiger partial charge < -0.3 is 19.9 Å². The molecule has 6 nitrogen and oxygen atoms in total. The van der Waals surface area contributed by atoms with Gasteiger partial charge in [0, 0.05) is 6.61 Å². The topological polar surface area (TPSA) is 84.9 Å². The quantitative estimate of drug-likeness (QED) is 0.797. The second kappa shape index (κ2) is 7.91. The highest BCUT2D eigenvalue weighted by atomic mass is 16.5. The zero-order chi connectivity index (χ0) is 15.9. The predicted molar refractivity (Wildman–Crippen MR) is 79.3 cm³/mol. The molecule has 1 saturated heterocycles. The maximum absolute atomic E-state index is 12.1. The van der Waals surface area contributed by atoms with Gasteiger partial charge in [0.1, 0.15) is 6.10 Å². The molecule has 6 heteroatoms. The van der Waals surface area contributed by atoms with Gasteiger partial charge in [-0.25, -0.2) is 4.79 Å². The monoisotopic (exact) mass is 307 g/mol. The van der Waals surface area contributed by atoms with Crippen LogP contribution in [0.2, 0.25) is 0 Å². The summed E-state index contributed by atoms with van der Waals surface area (Å²) >= 11 is 0. The van der Waals surface area contributed by atoms with E-state index >= 15 is 0 Å². The summed E-state index contributed by atoms with van der Waals surface area (Å²) in [5, 5.41) is 11.8. The molecule has 1 aromatic rings. The van der Waals surface area contributed by atoms with E-state index in [4.69, 9.17) is 9.47 Å². The van der Waals surface area contributed by atoms with Gasteiger partial charge in [-0.1, -0.05) is 30.3 Å². The molecule has 0 spiro atoms. The number of carboxylic acids is 1. The highest BCUT2D eigenvalue weighted by Gasteiger charge is 2.25. The average molecular weight is 307 g/mol. The second-order valence-electron chi connectivity index (χ2n) is 5.30. The molecule has 0 saturated carbocycles. The Morgan fingerprint density at radius 2 is 2.14 bits per heavy atom. The van der Waals surface area contributed by atoms with Gasteiger partial charge in [-0.15, -0.1) is 0 Å². The lowest BCUT2D eigenvalue weighted by Gasteiger charge is -2.19. The molecule has 0 bridgehead atoms. The van der Waals surface area contributed by atoms with Gasteiger partial charge in [0.25, 0.3) is 0 Å². The van der Waals surface area contributed by atoms with Gasteiger partial charge >= 0.3 is 5.97 Å². The lowest BCUT2D eigenvalue weighted by Crippen LogP contribution is -2.40. The third kappa shape index (κ3) is 4.54. The zero-order valence-corrected chi connectivity index (χ0v) is 12.5. The van der Waals surface area contributed by atoms with Crippen LogP contribution in [-0.4, -0.2) is 42.4 Å². The maximum atomic E-state index is 12.1. The van der Waals surface area contributed by atoms with Crippen molar-refractivity contribution in [1.82, 2.24) is 5.32 Å². The van der Waals surface area contributed by atoms with Crippen molar-refractivity contribution in [3.63, 3.8) is 0 Å². The molecule has 1 heterocycles. The number of carbonyl (C=O) groups is 2. The number of carboxylic acid groups (broad SMARTS) is 1. The number of hydrogen-bond acceptors (Lipinski definition) is 4. The van der Waals surface area contributed by atoms with Crippen LogP contribution in [0.25, 0.3) is 0 Å². The number of hydrogen-bond donors (Lipinski definition) is 2. The first-order chi connectivity index (χ1) is 10.6. The Morgan fingerprint density at radius 3 is 2.73 bits per heavy atom. The largest absolute Gasteiger partial charge is 0.479 e. The molecule has 3 atom stereocenters. The molecule has 3 unspecified atom stereocenters. The highest BCUT2D eigenvalue weighted by molar-refractivity contribution is 5.86. The first kappa shape index (κ1) is 16.5. The van der Waals surface area contributed by atoms with Crippen LogP contribution in [0.15, 0.2) is 30.3 Å². The Kier molecular flexibility index (Phi) is 5.91. The Morgan fingerprint density at radius 1 is 1.41 bits per heavy atom. The van der Waals surface area contributed by atoms with Crippen molar-refractivity contribution in [3.8, 4) is 0 Å². The molecule has 0 aliphatic carbocycles. The van der Waals surface area contributed by atoms with Crippen LogP contribution in [0.4, 0.5) is 0 Å². The van der Waals surface area contributed by atoms with E-state index in [1.54, 1.807) is 37.3 Å². The molecule has 2 N–H and O–H groups in total. The third-order valence-electron chi connectivity index (χ3n) is 3.59. The van der Waals surface area contributed by atoms with Crippen molar-refractivity contribution in [2.75, 3.05) is 13.2 Å². The summed E-state index contributed by atoms with van der Waals surface area (Å²) in [7, 11) is 0. The van der Waals surface area contributed by atoms with Crippen molar-refractivity contribution >= 4 is 11.9 Å². The summed E-state index contributed by atoms with van der Waals surface area (Å²) in [6.45, 7) is 2.68. The van der Waals surface area contributed by atoms with E-state index in [9.17, 15) is 14.7 Å². The minimum absolute atomic E-state index is 0.0274. The number of aliphatic carboxylic acids is 1. The van der Waals surface area contributed by atoms with Crippen LogP contribution >= 0.6 is 0 Å². The van der Waals surface area contributed by atoms with Crippen molar-refractivity contribution in [2.45, 2.75) is 38.0 Å². The second-order valence-corrected chi connectivity index (χ2v) is 5.30. The number of nitrogens with one attached hydrogen (secondary N) is 1. The van der Waals surface area contributed by atoms with Crippen molar-refractivity contribution in [3.05, 3.63) is 35.9 Å². The Balaban J connectivity index is 1.88. The fourth-order valence-electron chi connectivity index (χ4n) is 2.30. The van der Waals surface area contributed by atoms with E-state index in [1.165, 1.54) is 0 Å². The van der Waals surface area contributed by atoms with Gasteiger partial charge in [-0.3, -0.25) is 4.79 Å². The number of carbonyl (C=O) groups excluding carboxylic acids is 1. The Hall–Kier alpha value is -1.92. The molecular weight excluding hydrogens is 286 g/mol. The zero-order valence-electron chi connectivity index (χ0n) is 12.5. The van der Waals surface area contributed by atoms with Crippen LogP contribution in [-0.2, 0) is 19.1 Å². The van der Waals surface area contributed by atoms with E-state index in [0.29, 0.717) is 12.2 Å². The molecule has 1 aromatic carbocycles. The standard InChI is InChI=1S/C16H21NO5/c1-11(22-10-13-8-5-9-21-13)15(18)17-14(16(19)20)12-6-3-2-4-7-12/h2-4,6-7,11,13-14H,5,8-10H2,1H3,(H,17,18)(H,19,20). The molecular formula is C16H21NO5. The summed E-state index contributed by atoms with van der Waals surface area (Å²) in [6.07, 6.45) is 1.23. The molecule has 1 amide bonds. The lowest BCUT2D eigenvalue weighted by molar-refractivity contribution is -0.145. The summed E-state index contributed by atoms with van der Waals surface area (Å²) in [5.74, 6) is -1.56. The van der Waals surface area contributed by atoms with Crippen molar-refractivity contribution in [1.29, 1.82) is 0 Å². The molecule has 120 valence electrons. The normalized spacial score (nSPS) is 20.3. The number of ether oxygens (including phenoxy) is 2. The highest BCUT2D eigenvalue weighted by Crippen LogP contribution is 2.15. The first-order valence-corrected chi connectivity index (χ1v) is 7.39. The van der Waals surface area contributed by atoms with E-state index in [-0.39, 0.29) is 6.10 Å². The summed E-state index contributed by atoms with van der Waals surface area (Å²) < 4.78 is 10.9. The Bertz CT molecular complexity index is 499. The van der Waals surface area contributed by atoms with Gasteiger partial charge in [-0.05, 0) is 25.3 Å². The van der Waals surface area contributed by atoms with Crippen LogP contribution in [0.1, 0.15) is 31.4 Å². The minimum Gasteiger partial charge on any atom is -0.479 e. The van der Waals surface area contributed by atoms with Gasteiger partial charge in [-0.2, -0.15) is 0 Å². The SMILES string of the molecule is CC(OCC1CCCO1)C(=O)NC(C(=O)O)c1ccccc1. The minimum atomic E-state index is -1.11. The van der Waals surface area contributed by atoms with Crippen molar-refractivity contribution < 1.29 is 24.2 Å². The first-order valence-electron chi connectivity index (χ1n) is 7.39. The predicted octanol–water partition coefficient (Wildman–Crippen LogP) is 1.51. The molecule has 1 aliphatic rings. The molecule has 1 fully saturated rings. The fourth-order valence-corrected chi connectivity index (χ4v) is 2.30. The maximum Gasteiger partial charge on any atom is 0.330 e. The van der Waals surface area contributed by atoms with E-state index < -0.39 is 24.0 Å². The van der Waals surface area contributed by atoms with Gasteiger partial charge in [0.15, 0.2) is 6.04 Å². The van der Waals surface area contributed by atoms with Crippen LogP contribution in [0.5, 0.6) is 0 Å². The number of rotatable bonds is 7. The summed E-state index contributed by atoms with van der Waals surface area (Å²) in [4.78, 5) is 23.4. The lowest BCUT2D eigenvalue weighted by atomic mass is 10.1. The molecule has 0 aromatic heterocycles. The summed E-state index contributed by atoms with van der Waals surface area (Å²) in [5.41, 5.74) is 0.523. The molecule has 0 radical (unpaired) electrons. The number of amides is 1. The molecule has 1 aliphatic heterocycles. The fraction of sp³-hybridized carbons (Fsp3) is 0.500. The average Bonchev–Trinajstić information content (AvgIpc) is 3.04. The third-order valence-corrected chi connectivity index (χ3v) is 3.59. The molecule has 22 heavy (non-hydrogen) atoms. The van der Waals surface area contributed by atoms with Crippen molar-refractivity contribution in [2.24, 2.45) is 0 Å². The van der Waals surface area contributed by atoms with Crippen LogP contribution in [0, 0.1) is 0 Å².